The molecule has 0 bridgehead atoms. The van der Waals surface area contributed by atoms with Gasteiger partial charge in [0.25, 0.3) is 0 Å². The van der Waals surface area contributed by atoms with Gasteiger partial charge >= 0.3 is 5.97 Å². The van der Waals surface area contributed by atoms with Crippen LogP contribution in [0.4, 0.5) is 5.69 Å². The number of carbonyl (C=O) groups excluding carboxylic acids is 1. The normalized spacial score (nSPS) is 21.2. The van der Waals surface area contributed by atoms with E-state index in [1.54, 1.807) is 0 Å². The molecule has 3 N–H and O–H groups in total. The molecule has 0 aliphatic heterocycles. The first kappa shape index (κ1) is 18.7. The number of nitrogens with one attached hydrogen (secondary N) is 1. The Hall–Kier alpha value is -0.590. The van der Waals surface area contributed by atoms with Crippen LogP contribution in [-0.2, 0) is 16.1 Å². The molecule has 0 atom stereocenters. The van der Waals surface area contributed by atoms with Crippen LogP contribution in [0, 0.1) is 0 Å². The number of esters is 1. The highest BCUT2D eigenvalue weighted by Gasteiger charge is 2.23. The quantitative estimate of drug-likeness (QED) is 0.496. The van der Waals surface area contributed by atoms with Crippen molar-refractivity contribution in [2.24, 2.45) is 0 Å². The molecule has 0 aromatic heterocycles. The van der Waals surface area contributed by atoms with Gasteiger partial charge in [0.2, 0.25) is 0 Å². The van der Waals surface area contributed by atoms with Gasteiger partial charge < -0.3 is 15.8 Å². The summed E-state index contributed by atoms with van der Waals surface area (Å²) in [5.74, 6) is -0.0596. The summed E-state index contributed by atoms with van der Waals surface area (Å²) in [4.78, 5) is 11.5. The maximum absolute atomic E-state index is 11.5. The molecule has 1 aliphatic carbocycles. The third-order valence-electron chi connectivity index (χ3n) is 4.19. The van der Waals surface area contributed by atoms with Crippen molar-refractivity contribution in [3.8, 4) is 0 Å². The summed E-state index contributed by atoms with van der Waals surface area (Å²) >= 11 is 6.97. The van der Waals surface area contributed by atoms with Crippen LogP contribution in [0.15, 0.2) is 21.1 Å². The number of hydrogen-bond donors (Lipinski definition) is 2. The Morgan fingerprint density at radius 1 is 1.30 bits per heavy atom. The topological polar surface area (TPSA) is 64.3 Å². The molecule has 0 heterocycles. The maximum Gasteiger partial charge on any atom is 0.306 e. The first-order chi connectivity index (χ1) is 11.0. The number of nitrogens with two attached hydrogens (primary N) is 1. The average molecular weight is 448 g/mol. The standard InChI is InChI=1S/C17H24Br2N2O2/c1-2-3-16(22)23-14-6-4-13(5-7-14)21-10-11-8-12(18)9-15(19)17(11)20/h8-9,13-14,21H,2-7,10,20H2,1H3. The summed E-state index contributed by atoms with van der Waals surface area (Å²) in [6, 6.07) is 4.45. The fourth-order valence-corrected chi connectivity index (χ4v) is 4.19. The summed E-state index contributed by atoms with van der Waals surface area (Å²) in [6.45, 7) is 2.74. The van der Waals surface area contributed by atoms with Gasteiger partial charge in [0.05, 0.1) is 5.69 Å². The zero-order valence-corrected chi connectivity index (χ0v) is 16.6. The summed E-state index contributed by atoms with van der Waals surface area (Å²) in [5.41, 5.74) is 7.97. The van der Waals surface area contributed by atoms with Gasteiger partial charge in [-0.15, -0.1) is 0 Å². The van der Waals surface area contributed by atoms with Gasteiger partial charge in [0.15, 0.2) is 0 Å². The smallest absolute Gasteiger partial charge is 0.306 e. The Labute approximate surface area is 154 Å². The number of ether oxygens (including phenoxy) is 1. The molecule has 128 valence electrons. The summed E-state index contributed by atoms with van der Waals surface area (Å²) in [6.07, 6.45) is 5.39. The van der Waals surface area contributed by atoms with Gasteiger partial charge in [-0.1, -0.05) is 22.9 Å². The second kappa shape index (κ2) is 9.04. The molecule has 6 heteroatoms. The molecule has 0 radical (unpaired) electrons. The van der Waals surface area contributed by atoms with E-state index < -0.39 is 0 Å². The summed E-state index contributed by atoms with van der Waals surface area (Å²) in [7, 11) is 0. The van der Waals surface area contributed by atoms with E-state index >= 15 is 0 Å². The van der Waals surface area contributed by atoms with Gasteiger partial charge in [-0.3, -0.25) is 4.79 Å². The van der Waals surface area contributed by atoms with E-state index in [9.17, 15) is 4.79 Å². The number of anilines is 1. The lowest BCUT2D eigenvalue weighted by molar-refractivity contribution is -0.150. The van der Waals surface area contributed by atoms with Gasteiger partial charge in [0, 0.05) is 28.0 Å². The van der Waals surface area contributed by atoms with Crippen molar-refractivity contribution in [3.05, 3.63) is 26.6 Å². The molecule has 0 saturated heterocycles. The zero-order valence-electron chi connectivity index (χ0n) is 13.4. The molecule has 23 heavy (non-hydrogen) atoms. The Morgan fingerprint density at radius 3 is 2.65 bits per heavy atom. The monoisotopic (exact) mass is 446 g/mol. The Kier molecular flexibility index (Phi) is 7.37. The van der Waals surface area contributed by atoms with Crippen LogP contribution in [0.1, 0.15) is 51.0 Å². The number of carbonyl (C=O) groups is 1. The Morgan fingerprint density at radius 2 is 2.00 bits per heavy atom. The average Bonchev–Trinajstić information content (AvgIpc) is 2.51. The fraction of sp³-hybridized carbons (Fsp3) is 0.588. The van der Waals surface area contributed by atoms with Crippen molar-refractivity contribution < 1.29 is 9.53 Å². The van der Waals surface area contributed by atoms with Gasteiger partial charge in [-0.05, 0) is 65.7 Å². The number of rotatable bonds is 6. The van der Waals surface area contributed by atoms with Crippen LogP contribution in [0.5, 0.6) is 0 Å². The minimum atomic E-state index is -0.0596. The maximum atomic E-state index is 11.5. The van der Waals surface area contributed by atoms with Crippen molar-refractivity contribution in [1.29, 1.82) is 0 Å². The zero-order chi connectivity index (χ0) is 16.8. The molecule has 0 spiro atoms. The minimum absolute atomic E-state index is 0.0596. The predicted octanol–water partition coefficient (Wildman–Crippen LogP) is 4.54. The van der Waals surface area contributed by atoms with Crippen LogP contribution in [-0.4, -0.2) is 18.1 Å². The molecule has 0 unspecified atom stereocenters. The van der Waals surface area contributed by atoms with Gasteiger partial charge in [-0.2, -0.15) is 0 Å². The minimum Gasteiger partial charge on any atom is -0.462 e. The van der Waals surface area contributed by atoms with E-state index in [0.717, 1.165) is 58.8 Å². The molecule has 1 saturated carbocycles. The fourth-order valence-electron chi connectivity index (χ4n) is 2.87. The van der Waals surface area contributed by atoms with Crippen LogP contribution in [0.3, 0.4) is 0 Å². The molecule has 0 amide bonds. The lowest BCUT2D eigenvalue weighted by Gasteiger charge is -2.29. The molecule has 4 nitrogen and oxygen atoms in total. The van der Waals surface area contributed by atoms with E-state index in [4.69, 9.17) is 10.5 Å². The van der Waals surface area contributed by atoms with Crippen LogP contribution in [0.2, 0.25) is 0 Å². The van der Waals surface area contributed by atoms with Crippen molar-refractivity contribution in [2.45, 2.75) is 64.1 Å². The first-order valence-corrected chi connectivity index (χ1v) is 9.74. The molecule has 2 rings (SSSR count). The van der Waals surface area contributed by atoms with Crippen molar-refractivity contribution in [2.75, 3.05) is 5.73 Å². The lowest BCUT2D eigenvalue weighted by Crippen LogP contribution is -2.35. The second-order valence-corrected chi connectivity index (χ2v) is 7.82. The molecule has 1 aliphatic rings. The van der Waals surface area contributed by atoms with E-state index in [1.165, 1.54) is 0 Å². The Balaban J connectivity index is 1.78. The summed E-state index contributed by atoms with van der Waals surface area (Å²) in [5, 5.41) is 3.57. The SMILES string of the molecule is CCCC(=O)OC1CCC(NCc2cc(Br)cc(Br)c2N)CC1. The largest absolute Gasteiger partial charge is 0.462 e. The molecular weight excluding hydrogens is 424 g/mol. The highest BCUT2D eigenvalue weighted by Crippen LogP contribution is 2.29. The second-order valence-electron chi connectivity index (χ2n) is 6.05. The Bertz CT molecular complexity index is 544. The van der Waals surface area contributed by atoms with E-state index in [2.05, 4.69) is 37.2 Å². The van der Waals surface area contributed by atoms with Crippen LogP contribution < -0.4 is 11.1 Å². The third kappa shape index (κ3) is 5.76. The highest BCUT2D eigenvalue weighted by atomic mass is 79.9. The van der Waals surface area contributed by atoms with Crippen molar-refractivity contribution in [1.82, 2.24) is 5.32 Å². The number of halogens is 2. The summed E-state index contributed by atoms with van der Waals surface area (Å²) < 4.78 is 7.42. The predicted molar refractivity (Wildman–Crippen MR) is 100 cm³/mol. The number of benzene rings is 1. The third-order valence-corrected chi connectivity index (χ3v) is 5.30. The van der Waals surface area contributed by atoms with Crippen LogP contribution in [0.25, 0.3) is 0 Å². The molecular formula is C17H24Br2N2O2. The number of hydrogen-bond acceptors (Lipinski definition) is 4. The van der Waals surface area contributed by atoms with Gasteiger partial charge in [0.1, 0.15) is 6.10 Å². The van der Waals surface area contributed by atoms with E-state index in [0.29, 0.717) is 12.5 Å². The lowest BCUT2D eigenvalue weighted by atomic mass is 9.92. The van der Waals surface area contributed by atoms with Crippen molar-refractivity contribution >= 4 is 43.5 Å². The van der Waals surface area contributed by atoms with E-state index in [1.807, 2.05) is 19.1 Å². The molecule has 1 aromatic carbocycles. The van der Waals surface area contributed by atoms with Crippen LogP contribution >= 0.6 is 31.9 Å². The van der Waals surface area contributed by atoms with Gasteiger partial charge in [-0.25, -0.2) is 0 Å². The number of nitrogen functional groups attached to an aromatic ring is 1. The van der Waals surface area contributed by atoms with Crippen molar-refractivity contribution in [3.63, 3.8) is 0 Å². The highest BCUT2D eigenvalue weighted by molar-refractivity contribution is 9.11. The molecule has 1 fully saturated rings. The van der Waals surface area contributed by atoms with E-state index in [-0.39, 0.29) is 12.1 Å². The first-order valence-electron chi connectivity index (χ1n) is 8.15. The molecule has 1 aromatic rings.